The molecule has 0 fully saturated rings. The lowest BCUT2D eigenvalue weighted by Crippen LogP contribution is -2.08. The van der Waals surface area contributed by atoms with Crippen LogP contribution in [0.1, 0.15) is 5.89 Å². The summed E-state index contributed by atoms with van der Waals surface area (Å²) in [5.74, 6) is 0.842. The van der Waals surface area contributed by atoms with Gasteiger partial charge in [-0.3, -0.25) is 4.98 Å². The van der Waals surface area contributed by atoms with Gasteiger partial charge in [-0.25, -0.2) is 0 Å². The third-order valence-corrected chi connectivity index (χ3v) is 2.57. The Bertz CT molecular complexity index is 489. The van der Waals surface area contributed by atoms with Gasteiger partial charge in [-0.15, -0.1) is 0 Å². The molecule has 0 saturated carbocycles. The molecule has 2 aromatic rings. The Hall–Kier alpha value is -1.31. The predicted molar refractivity (Wildman–Crippen MR) is 63.9 cm³/mol. The van der Waals surface area contributed by atoms with Crippen molar-refractivity contribution in [2.75, 3.05) is 13.2 Å². The van der Waals surface area contributed by atoms with Crippen LogP contribution < -0.4 is 5.73 Å². The van der Waals surface area contributed by atoms with Crippen molar-refractivity contribution in [2.24, 2.45) is 5.73 Å². The third kappa shape index (κ3) is 3.09. The molecule has 2 rings (SSSR count). The Morgan fingerprint density at radius 2 is 2.35 bits per heavy atom. The molecule has 0 aliphatic rings. The summed E-state index contributed by atoms with van der Waals surface area (Å²) < 4.78 is 11.0. The molecule has 90 valence electrons. The third-order valence-electron chi connectivity index (χ3n) is 1.93. The molecular weight excluding hydrogens is 288 g/mol. The molecule has 2 aromatic heterocycles. The van der Waals surface area contributed by atoms with E-state index in [4.69, 9.17) is 15.0 Å². The molecule has 0 bridgehead atoms. The number of aromatic nitrogens is 3. The summed E-state index contributed by atoms with van der Waals surface area (Å²) in [4.78, 5) is 8.34. The van der Waals surface area contributed by atoms with Crippen molar-refractivity contribution in [1.82, 2.24) is 15.1 Å². The Morgan fingerprint density at radius 1 is 1.47 bits per heavy atom. The molecule has 17 heavy (non-hydrogen) atoms. The second-order valence-corrected chi connectivity index (χ2v) is 4.04. The number of nitrogens with zero attached hydrogens (tertiary/aromatic N) is 3. The van der Waals surface area contributed by atoms with Crippen molar-refractivity contribution >= 4 is 15.9 Å². The van der Waals surface area contributed by atoms with Gasteiger partial charge in [-0.2, -0.15) is 4.98 Å². The van der Waals surface area contributed by atoms with Gasteiger partial charge < -0.3 is 15.0 Å². The van der Waals surface area contributed by atoms with E-state index in [1.807, 2.05) is 12.1 Å². The zero-order valence-electron chi connectivity index (χ0n) is 8.97. The van der Waals surface area contributed by atoms with Crippen LogP contribution in [-0.4, -0.2) is 28.3 Å². The quantitative estimate of drug-likeness (QED) is 0.839. The van der Waals surface area contributed by atoms with Gasteiger partial charge in [0.15, 0.2) is 0 Å². The van der Waals surface area contributed by atoms with E-state index in [-0.39, 0.29) is 6.61 Å². The van der Waals surface area contributed by atoms with Crippen molar-refractivity contribution < 1.29 is 9.26 Å². The Labute approximate surface area is 106 Å². The van der Waals surface area contributed by atoms with E-state index in [1.165, 1.54) is 0 Å². The number of rotatable bonds is 5. The van der Waals surface area contributed by atoms with Crippen LogP contribution in [0.4, 0.5) is 0 Å². The number of pyridine rings is 1. The first-order valence-electron chi connectivity index (χ1n) is 5.02. The minimum atomic E-state index is 0.259. The van der Waals surface area contributed by atoms with Gasteiger partial charge in [0.25, 0.3) is 5.89 Å². The van der Waals surface area contributed by atoms with E-state index >= 15 is 0 Å². The standard InChI is InChI=1S/C10H11BrN4O2/c11-7-2-1-4-13-9(7)10-14-8(17-15-10)6-16-5-3-12/h1-2,4H,3,5-6,12H2. The zero-order chi connectivity index (χ0) is 12.1. The molecular formula is C10H11BrN4O2. The molecule has 0 aliphatic heterocycles. The van der Waals surface area contributed by atoms with Crippen LogP contribution in [-0.2, 0) is 11.3 Å². The summed E-state index contributed by atoms with van der Waals surface area (Å²) in [6.45, 7) is 1.19. The number of nitrogens with two attached hydrogens (primary N) is 1. The normalized spacial score (nSPS) is 10.7. The summed E-state index contributed by atoms with van der Waals surface area (Å²) in [5.41, 5.74) is 5.94. The minimum absolute atomic E-state index is 0.259. The Kier molecular flexibility index (Phi) is 4.18. The second-order valence-electron chi connectivity index (χ2n) is 3.19. The topological polar surface area (TPSA) is 87.1 Å². The average molecular weight is 299 g/mol. The first-order chi connectivity index (χ1) is 8.31. The van der Waals surface area contributed by atoms with E-state index in [9.17, 15) is 0 Å². The lowest BCUT2D eigenvalue weighted by molar-refractivity contribution is 0.104. The van der Waals surface area contributed by atoms with Crippen molar-refractivity contribution in [3.63, 3.8) is 0 Å². The van der Waals surface area contributed by atoms with Gasteiger partial charge in [-0.1, -0.05) is 5.16 Å². The molecule has 0 unspecified atom stereocenters. The van der Waals surface area contributed by atoms with Crippen LogP contribution in [0.15, 0.2) is 27.3 Å². The SMILES string of the molecule is NCCOCc1nc(-c2ncccc2Br)no1. The second kappa shape index (κ2) is 5.85. The molecule has 0 radical (unpaired) electrons. The van der Waals surface area contributed by atoms with Crippen LogP contribution in [0.2, 0.25) is 0 Å². The molecule has 0 aromatic carbocycles. The summed E-state index contributed by atoms with van der Waals surface area (Å²) in [7, 11) is 0. The van der Waals surface area contributed by atoms with E-state index in [2.05, 4.69) is 31.1 Å². The van der Waals surface area contributed by atoms with Gasteiger partial charge in [0.1, 0.15) is 12.3 Å². The maximum absolute atomic E-state index is 5.30. The van der Waals surface area contributed by atoms with Crippen molar-refractivity contribution in [1.29, 1.82) is 0 Å². The van der Waals surface area contributed by atoms with Crippen molar-refractivity contribution in [3.8, 4) is 11.5 Å². The fourth-order valence-corrected chi connectivity index (χ4v) is 1.64. The molecule has 7 heteroatoms. The summed E-state index contributed by atoms with van der Waals surface area (Å²) in [6, 6.07) is 3.68. The molecule has 0 amide bonds. The molecule has 2 heterocycles. The summed E-state index contributed by atoms with van der Waals surface area (Å²) >= 11 is 3.37. The van der Waals surface area contributed by atoms with Crippen molar-refractivity contribution in [3.05, 3.63) is 28.7 Å². The van der Waals surface area contributed by atoms with Gasteiger partial charge >= 0.3 is 0 Å². The Balaban J connectivity index is 2.10. The first kappa shape index (κ1) is 12.2. The van der Waals surface area contributed by atoms with Gasteiger partial charge in [0.2, 0.25) is 5.82 Å². The lowest BCUT2D eigenvalue weighted by Gasteiger charge is -1.96. The van der Waals surface area contributed by atoms with Gasteiger partial charge in [-0.05, 0) is 28.1 Å². The van der Waals surface area contributed by atoms with Gasteiger partial charge in [0, 0.05) is 17.2 Å². The molecule has 0 atom stereocenters. The van der Waals surface area contributed by atoms with E-state index in [0.717, 1.165) is 4.47 Å². The van der Waals surface area contributed by atoms with E-state index < -0.39 is 0 Å². The molecule has 0 saturated heterocycles. The highest BCUT2D eigenvalue weighted by Crippen LogP contribution is 2.22. The molecule has 2 N–H and O–H groups in total. The Morgan fingerprint density at radius 3 is 3.12 bits per heavy atom. The number of halogens is 1. The van der Waals surface area contributed by atoms with Crippen LogP contribution in [0, 0.1) is 0 Å². The highest BCUT2D eigenvalue weighted by Gasteiger charge is 2.12. The lowest BCUT2D eigenvalue weighted by atomic mass is 10.3. The number of hydrogen-bond acceptors (Lipinski definition) is 6. The van der Waals surface area contributed by atoms with Crippen molar-refractivity contribution in [2.45, 2.75) is 6.61 Å². The van der Waals surface area contributed by atoms with Gasteiger partial charge in [0.05, 0.1) is 6.61 Å². The highest BCUT2D eigenvalue weighted by atomic mass is 79.9. The number of ether oxygens (including phenoxy) is 1. The molecule has 6 nitrogen and oxygen atoms in total. The summed E-state index contributed by atoms with van der Waals surface area (Å²) in [6.07, 6.45) is 1.67. The monoisotopic (exact) mass is 298 g/mol. The molecule has 0 aliphatic carbocycles. The zero-order valence-corrected chi connectivity index (χ0v) is 10.6. The van der Waals surface area contributed by atoms with Crippen LogP contribution in [0.3, 0.4) is 0 Å². The summed E-state index contributed by atoms with van der Waals surface area (Å²) in [5, 5.41) is 3.84. The predicted octanol–water partition coefficient (Wildman–Crippen LogP) is 1.37. The van der Waals surface area contributed by atoms with E-state index in [1.54, 1.807) is 6.20 Å². The average Bonchev–Trinajstić information content (AvgIpc) is 2.79. The first-order valence-corrected chi connectivity index (χ1v) is 5.82. The van der Waals surface area contributed by atoms with Crippen LogP contribution in [0.5, 0.6) is 0 Å². The smallest absolute Gasteiger partial charge is 0.253 e. The fraction of sp³-hybridized carbons (Fsp3) is 0.300. The molecule has 0 spiro atoms. The van der Waals surface area contributed by atoms with Crippen LogP contribution in [0.25, 0.3) is 11.5 Å². The van der Waals surface area contributed by atoms with E-state index in [0.29, 0.717) is 30.6 Å². The fourth-order valence-electron chi connectivity index (χ4n) is 1.20. The maximum atomic E-state index is 5.30. The maximum Gasteiger partial charge on any atom is 0.253 e. The largest absolute Gasteiger partial charge is 0.370 e. The highest BCUT2D eigenvalue weighted by molar-refractivity contribution is 9.10. The minimum Gasteiger partial charge on any atom is -0.370 e. The number of hydrogen-bond donors (Lipinski definition) is 1. The van der Waals surface area contributed by atoms with Crippen LogP contribution >= 0.6 is 15.9 Å².